The van der Waals surface area contributed by atoms with Crippen molar-refractivity contribution in [3.05, 3.63) is 38.8 Å². The molecule has 0 unspecified atom stereocenters. The first-order valence-corrected chi connectivity index (χ1v) is 6.84. The van der Waals surface area contributed by atoms with Gasteiger partial charge in [-0.15, -0.1) is 0 Å². The summed E-state index contributed by atoms with van der Waals surface area (Å²) < 4.78 is 10.1. The van der Waals surface area contributed by atoms with Gasteiger partial charge in [0, 0.05) is 5.56 Å². The van der Waals surface area contributed by atoms with Crippen molar-refractivity contribution in [3.63, 3.8) is 0 Å². The minimum absolute atomic E-state index is 0.230. The number of halogens is 1. The van der Waals surface area contributed by atoms with Gasteiger partial charge in [0.25, 0.3) is 0 Å². The second-order valence-corrected chi connectivity index (χ2v) is 5.32. The minimum atomic E-state index is -0.230. The van der Waals surface area contributed by atoms with Gasteiger partial charge in [0.15, 0.2) is 0 Å². The van der Waals surface area contributed by atoms with Crippen molar-refractivity contribution in [2.75, 3.05) is 7.11 Å². The summed E-state index contributed by atoms with van der Waals surface area (Å²) in [5.74, 6) is -0.230. The molecule has 0 atom stereocenters. The number of ether oxygens (including phenoxy) is 1. The number of carbonyl (C=O) groups excluding carboxylic acids is 1. The van der Waals surface area contributed by atoms with Gasteiger partial charge in [-0.1, -0.05) is 30.3 Å². The Kier molecular flexibility index (Phi) is 4.11. The highest BCUT2D eigenvalue weighted by Gasteiger charge is 2.15. The molecule has 3 nitrogen and oxygen atoms in total. The van der Waals surface area contributed by atoms with Gasteiger partial charge in [-0.25, -0.2) is 0 Å². The number of esters is 1. The van der Waals surface area contributed by atoms with E-state index >= 15 is 0 Å². The van der Waals surface area contributed by atoms with E-state index in [2.05, 4.69) is 31.7 Å². The number of nitrogens with zero attached hydrogens (tertiary/aromatic N) is 1. The Morgan fingerprint density at radius 2 is 2.12 bits per heavy atom. The van der Waals surface area contributed by atoms with E-state index in [0.29, 0.717) is 6.42 Å². The maximum absolute atomic E-state index is 11.2. The Balaban J connectivity index is 2.30. The first-order chi connectivity index (χ1) is 8.22. The fourth-order valence-electron chi connectivity index (χ4n) is 1.40. The first-order valence-electron chi connectivity index (χ1n) is 4.98. The van der Waals surface area contributed by atoms with Gasteiger partial charge in [-0.3, -0.25) is 4.79 Å². The molecule has 0 amide bonds. The zero-order valence-electron chi connectivity index (χ0n) is 9.14. The maximum atomic E-state index is 11.2. The molecule has 2 rings (SSSR count). The Bertz CT molecular complexity index is 525. The highest BCUT2D eigenvalue weighted by atomic mass is 127. The van der Waals surface area contributed by atoms with Crippen LogP contribution in [0.3, 0.4) is 0 Å². The monoisotopic (exact) mass is 359 g/mol. The number of hydrogen-bond acceptors (Lipinski definition) is 4. The third-order valence-corrected chi connectivity index (χ3v) is 4.65. The van der Waals surface area contributed by atoms with Crippen LogP contribution in [0.5, 0.6) is 0 Å². The van der Waals surface area contributed by atoms with E-state index in [1.807, 2.05) is 30.3 Å². The molecule has 88 valence electrons. The Morgan fingerprint density at radius 1 is 1.41 bits per heavy atom. The number of aromatic nitrogens is 1. The van der Waals surface area contributed by atoms with Crippen molar-refractivity contribution in [3.8, 4) is 11.3 Å². The molecular formula is C12H10INO2S. The molecule has 0 aliphatic heterocycles. The molecular weight excluding hydrogens is 349 g/mol. The van der Waals surface area contributed by atoms with Crippen LogP contribution in [0.4, 0.5) is 0 Å². The van der Waals surface area contributed by atoms with Gasteiger partial charge in [0.2, 0.25) is 0 Å². The van der Waals surface area contributed by atoms with Gasteiger partial charge < -0.3 is 4.74 Å². The van der Waals surface area contributed by atoms with Crippen molar-refractivity contribution in [1.29, 1.82) is 0 Å². The van der Waals surface area contributed by atoms with E-state index in [1.54, 1.807) is 0 Å². The lowest BCUT2D eigenvalue weighted by atomic mass is 10.1. The fraction of sp³-hybridized carbons (Fsp3) is 0.167. The molecule has 0 fully saturated rings. The third kappa shape index (κ3) is 2.84. The molecule has 0 aliphatic rings. The zero-order valence-corrected chi connectivity index (χ0v) is 12.1. The van der Waals surface area contributed by atoms with Crippen molar-refractivity contribution >= 4 is 40.1 Å². The van der Waals surface area contributed by atoms with Crippen LogP contribution >= 0.6 is 34.1 Å². The second-order valence-electron chi connectivity index (χ2n) is 3.39. The molecule has 0 N–H and O–H groups in total. The normalized spacial score (nSPS) is 10.2. The van der Waals surface area contributed by atoms with E-state index < -0.39 is 0 Å². The number of hydrogen-bond donors (Lipinski definition) is 0. The van der Waals surface area contributed by atoms with Gasteiger partial charge >= 0.3 is 5.97 Å². The summed E-state index contributed by atoms with van der Waals surface area (Å²) in [5.41, 5.74) is 2.01. The predicted molar refractivity (Wildman–Crippen MR) is 76.0 cm³/mol. The first kappa shape index (κ1) is 12.5. The summed E-state index contributed by atoms with van der Waals surface area (Å²) in [7, 11) is 1.40. The van der Waals surface area contributed by atoms with Gasteiger partial charge in [0.05, 0.1) is 27.7 Å². The Labute approximate surface area is 117 Å². The van der Waals surface area contributed by atoms with E-state index in [-0.39, 0.29) is 5.97 Å². The molecule has 0 aliphatic carbocycles. The minimum Gasteiger partial charge on any atom is -0.469 e. The smallest absolute Gasteiger partial charge is 0.310 e. The molecule has 1 aromatic heterocycles. The molecule has 0 radical (unpaired) electrons. The van der Waals surface area contributed by atoms with Crippen LogP contribution in [0.2, 0.25) is 0 Å². The van der Waals surface area contributed by atoms with E-state index in [1.165, 1.54) is 18.6 Å². The van der Waals surface area contributed by atoms with Crippen LogP contribution in [0, 0.1) is 3.57 Å². The van der Waals surface area contributed by atoms with Crippen molar-refractivity contribution in [1.82, 2.24) is 4.37 Å². The van der Waals surface area contributed by atoms with Gasteiger partial charge in [-0.05, 0) is 34.1 Å². The third-order valence-electron chi connectivity index (χ3n) is 2.28. The molecule has 0 bridgehead atoms. The fourth-order valence-corrected chi connectivity index (χ4v) is 3.24. The van der Waals surface area contributed by atoms with Crippen molar-refractivity contribution in [2.24, 2.45) is 0 Å². The standard InChI is InChI=1S/C12H10INO2S/c1-16-10(15)7-9-11(13)12(14-17-9)8-5-3-2-4-6-8/h2-6H,7H2,1H3. The number of rotatable bonds is 3. The highest BCUT2D eigenvalue weighted by Crippen LogP contribution is 2.29. The molecule has 2 aromatic rings. The molecule has 1 aromatic carbocycles. The summed E-state index contributed by atoms with van der Waals surface area (Å²) in [6, 6.07) is 9.95. The van der Waals surface area contributed by atoms with Crippen LogP contribution in [0.25, 0.3) is 11.3 Å². The Hall–Kier alpha value is -0.950. The second kappa shape index (κ2) is 5.59. The van der Waals surface area contributed by atoms with E-state index in [9.17, 15) is 4.79 Å². The number of benzene rings is 1. The van der Waals surface area contributed by atoms with Crippen molar-refractivity contribution < 1.29 is 9.53 Å². The average Bonchev–Trinajstić information content (AvgIpc) is 2.72. The SMILES string of the molecule is COC(=O)Cc1snc(-c2ccccc2)c1I. The van der Waals surface area contributed by atoms with Gasteiger partial charge in [0.1, 0.15) is 0 Å². The molecule has 1 heterocycles. The van der Waals surface area contributed by atoms with Crippen LogP contribution in [0.15, 0.2) is 30.3 Å². The van der Waals surface area contributed by atoms with E-state index in [4.69, 9.17) is 0 Å². The molecule has 5 heteroatoms. The molecule has 0 saturated carbocycles. The lowest BCUT2D eigenvalue weighted by Crippen LogP contribution is -2.03. The van der Waals surface area contributed by atoms with Gasteiger partial charge in [-0.2, -0.15) is 4.37 Å². The molecule has 0 spiro atoms. The highest BCUT2D eigenvalue weighted by molar-refractivity contribution is 14.1. The van der Waals surface area contributed by atoms with Crippen LogP contribution in [-0.2, 0) is 16.0 Å². The topological polar surface area (TPSA) is 39.2 Å². The largest absolute Gasteiger partial charge is 0.469 e. The zero-order chi connectivity index (χ0) is 12.3. The lowest BCUT2D eigenvalue weighted by molar-refractivity contribution is -0.139. The van der Waals surface area contributed by atoms with Crippen LogP contribution < -0.4 is 0 Å². The average molecular weight is 359 g/mol. The number of carbonyl (C=O) groups is 1. The summed E-state index contributed by atoms with van der Waals surface area (Å²) in [6.07, 6.45) is 0.291. The quantitative estimate of drug-likeness (QED) is 0.625. The Morgan fingerprint density at radius 3 is 2.76 bits per heavy atom. The predicted octanol–water partition coefficient (Wildman–Crippen LogP) is 3.13. The summed E-state index contributed by atoms with van der Waals surface area (Å²) in [6.45, 7) is 0. The maximum Gasteiger partial charge on any atom is 0.310 e. The summed E-state index contributed by atoms with van der Waals surface area (Å²) in [5, 5.41) is 0. The van der Waals surface area contributed by atoms with Crippen LogP contribution in [-0.4, -0.2) is 17.5 Å². The van der Waals surface area contributed by atoms with Crippen molar-refractivity contribution in [2.45, 2.75) is 6.42 Å². The summed E-state index contributed by atoms with van der Waals surface area (Å²) >= 11 is 3.59. The summed E-state index contributed by atoms with van der Waals surface area (Å²) in [4.78, 5) is 12.2. The van der Waals surface area contributed by atoms with Crippen LogP contribution in [0.1, 0.15) is 4.88 Å². The lowest BCUT2D eigenvalue weighted by Gasteiger charge is -1.98. The molecule has 17 heavy (non-hydrogen) atoms. The molecule has 0 saturated heterocycles. The number of methoxy groups -OCH3 is 1. The van der Waals surface area contributed by atoms with E-state index in [0.717, 1.165) is 19.7 Å².